The van der Waals surface area contributed by atoms with Gasteiger partial charge in [0.2, 0.25) is 0 Å². The molecule has 0 spiro atoms. The van der Waals surface area contributed by atoms with Crippen LogP contribution in [0.1, 0.15) is 31.2 Å². The largest absolute Gasteiger partial charge is 0.361 e. The van der Waals surface area contributed by atoms with Crippen LogP contribution in [0.2, 0.25) is 0 Å². The molecule has 0 unspecified atom stereocenters. The number of benzene rings is 1. The van der Waals surface area contributed by atoms with Crippen molar-refractivity contribution in [2.45, 2.75) is 38.3 Å². The van der Waals surface area contributed by atoms with Crippen LogP contribution in [0.4, 0.5) is 0 Å². The van der Waals surface area contributed by atoms with Crippen molar-refractivity contribution in [3.05, 3.63) is 36.0 Å². The molecule has 1 aliphatic rings. The van der Waals surface area contributed by atoms with Gasteiger partial charge in [-0.05, 0) is 44.4 Å². The molecule has 20 heavy (non-hydrogen) atoms. The fourth-order valence-corrected chi connectivity index (χ4v) is 3.31. The minimum atomic E-state index is 0.285. The van der Waals surface area contributed by atoms with Gasteiger partial charge in [0.25, 0.3) is 0 Å². The number of nitrogens with zero attached hydrogens (tertiary/aromatic N) is 2. The van der Waals surface area contributed by atoms with Gasteiger partial charge in [-0.15, -0.1) is 0 Å². The van der Waals surface area contributed by atoms with E-state index >= 15 is 0 Å². The molecule has 0 amide bonds. The lowest BCUT2D eigenvalue weighted by Crippen LogP contribution is -2.34. The lowest BCUT2D eigenvalue weighted by atomic mass is 9.86. The van der Waals surface area contributed by atoms with Crippen molar-refractivity contribution in [1.82, 2.24) is 9.88 Å². The smallest absolute Gasteiger partial charge is 0.0655 e. The summed E-state index contributed by atoms with van der Waals surface area (Å²) < 4.78 is 0. The van der Waals surface area contributed by atoms with Crippen LogP contribution in [0.25, 0.3) is 10.9 Å². The molecule has 1 heterocycles. The Morgan fingerprint density at radius 2 is 2.00 bits per heavy atom. The van der Waals surface area contributed by atoms with E-state index < -0.39 is 0 Å². The first kappa shape index (κ1) is 13.2. The quantitative estimate of drug-likeness (QED) is 0.921. The molecule has 0 atom stereocenters. The van der Waals surface area contributed by atoms with Crippen LogP contribution in [0, 0.1) is 17.2 Å². The van der Waals surface area contributed by atoms with Gasteiger partial charge in [-0.3, -0.25) is 4.90 Å². The Morgan fingerprint density at radius 1 is 1.25 bits per heavy atom. The molecule has 1 fully saturated rings. The first-order valence-corrected chi connectivity index (χ1v) is 7.43. The number of hydrogen-bond acceptors (Lipinski definition) is 2. The summed E-state index contributed by atoms with van der Waals surface area (Å²) in [4.78, 5) is 5.79. The number of aromatic amines is 1. The van der Waals surface area contributed by atoms with Crippen molar-refractivity contribution >= 4 is 10.9 Å². The number of nitriles is 1. The van der Waals surface area contributed by atoms with Crippen LogP contribution >= 0.6 is 0 Å². The SMILES string of the molecule is CN(Cc1c[nH]c2ccccc12)C1CCC(C#N)CC1. The number of hydrogen-bond donors (Lipinski definition) is 1. The molecule has 0 aliphatic heterocycles. The zero-order valence-corrected chi connectivity index (χ0v) is 12.0. The Bertz CT molecular complexity index is 614. The Labute approximate surface area is 120 Å². The van der Waals surface area contributed by atoms with Crippen molar-refractivity contribution in [2.75, 3.05) is 7.05 Å². The average molecular weight is 267 g/mol. The summed E-state index contributed by atoms with van der Waals surface area (Å²) in [7, 11) is 2.21. The van der Waals surface area contributed by atoms with Gasteiger partial charge in [0.15, 0.2) is 0 Å². The highest BCUT2D eigenvalue weighted by Crippen LogP contribution is 2.28. The van der Waals surface area contributed by atoms with E-state index in [1.54, 1.807) is 0 Å². The number of fused-ring (bicyclic) bond motifs is 1. The van der Waals surface area contributed by atoms with Crippen LogP contribution in [0.3, 0.4) is 0 Å². The second kappa shape index (κ2) is 5.68. The number of nitrogens with one attached hydrogen (secondary N) is 1. The molecule has 1 aromatic carbocycles. The van der Waals surface area contributed by atoms with E-state index in [-0.39, 0.29) is 5.92 Å². The lowest BCUT2D eigenvalue weighted by Gasteiger charge is -2.32. The molecule has 0 radical (unpaired) electrons. The van der Waals surface area contributed by atoms with Crippen LogP contribution in [-0.2, 0) is 6.54 Å². The third-order valence-electron chi connectivity index (χ3n) is 4.60. The number of aromatic nitrogens is 1. The van der Waals surface area contributed by atoms with Crippen molar-refractivity contribution in [3.63, 3.8) is 0 Å². The van der Waals surface area contributed by atoms with Gasteiger partial charge in [0.1, 0.15) is 0 Å². The lowest BCUT2D eigenvalue weighted by molar-refractivity contribution is 0.172. The Kier molecular flexibility index (Phi) is 3.75. The highest BCUT2D eigenvalue weighted by molar-refractivity contribution is 5.82. The molecular weight excluding hydrogens is 246 g/mol. The van der Waals surface area contributed by atoms with E-state index in [1.807, 2.05) is 0 Å². The predicted octanol–water partition coefficient (Wildman–Crippen LogP) is 3.68. The Morgan fingerprint density at radius 3 is 2.75 bits per heavy atom. The Balaban J connectivity index is 1.67. The number of rotatable bonds is 3. The van der Waals surface area contributed by atoms with Gasteiger partial charge in [-0.25, -0.2) is 0 Å². The molecule has 0 bridgehead atoms. The molecular formula is C17H21N3. The number of para-hydroxylation sites is 1. The molecule has 3 rings (SSSR count). The van der Waals surface area contributed by atoms with Crippen molar-refractivity contribution in [3.8, 4) is 6.07 Å². The van der Waals surface area contributed by atoms with Crippen molar-refractivity contribution in [1.29, 1.82) is 5.26 Å². The van der Waals surface area contributed by atoms with Crippen molar-refractivity contribution < 1.29 is 0 Å². The van der Waals surface area contributed by atoms with E-state index in [1.165, 1.54) is 16.5 Å². The highest BCUT2D eigenvalue weighted by Gasteiger charge is 2.24. The second-order valence-corrected chi connectivity index (χ2v) is 5.91. The summed E-state index contributed by atoms with van der Waals surface area (Å²) in [5.74, 6) is 0.285. The monoisotopic (exact) mass is 267 g/mol. The van der Waals surface area contributed by atoms with Gasteiger partial charge >= 0.3 is 0 Å². The molecule has 104 valence electrons. The average Bonchev–Trinajstić information content (AvgIpc) is 2.91. The van der Waals surface area contributed by atoms with E-state index in [2.05, 4.69) is 53.5 Å². The standard InChI is InChI=1S/C17H21N3/c1-20(15-8-6-13(10-18)7-9-15)12-14-11-19-17-5-3-2-4-16(14)17/h2-5,11,13,15,19H,6-9,12H2,1H3. The maximum absolute atomic E-state index is 8.97. The van der Waals surface area contributed by atoms with Gasteiger partial charge in [-0.2, -0.15) is 5.26 Å². The summed E-state index contributed by atoms with van der Waals surface area (Å²) >= 11 is 0. The van der Waals surface area contributed by atoms with E-state index in [0.29, 0.717) is 6.04 Å². The first-order chi connectivity index (χ1) is 9.78. The highest BCUT2D eigenvalue weighted by atomic mass is 15.1. The van der Waals surface area contributed by atoms with Gasteiger partial charge < -0.3 is 4.98 Å². The van der Waals surface area contributed by atoms with Gasteiger partial charge in [0, 0.05) is 35.6 Å². The van der Waals surface area contributed by atoms with E-state index in [0.717, 1.165) is 32.2 Å². The zero-order chi connectivity index (χ0) is 13.9. The summed E-state index contributed by atoms with van der Waals surface area (Å²) in [5, 5.41) is 10.3. The first-order valence-electron chi connectivity index (χ1n) is 7.43. The van der Waals surface area contributed by atoms with Gasteiger partial charge in [-0.1, -0.05) is 18.2 Å². The molecule has 1 aromatic heterocycles. The molecule has 1 N–H and O–H groups in total. The molecule has 1 saturated carbocycles. The Hall–Kier alpha value is -1.79. The molecule has 0 saturated heterocycles. The van der Waals surface area contributed by atoms with E-state index in [9.17, 15) is 0 Å². The molecule has 2 aromatic rings. The van der Waals surface area contributed by atoms with E-state index in [4.69, 9.17) is 5.26 Å². The number of H-pyrrole nitrogens is 1. The summed E-state index contributed by atoms with van der Waals surface area (Å²) in [6.45, 7) is 0.978. The fraction of sp³-hybridized carbons (Fsp3) is 0.471. The summed E-state index contributed by atoms with van der Waals surface area (Å²) in [6, 6.07) is 11.5. The third kappa shape index (κ3) is 2.57. The summed E-state index contributed by atoms with van der Waals surface area (Å²) in [6.07, 6.45) is 6.54. The second-order valence-electron chi connectivity index (χ2n) is 5.91. The topological polar surface area (TPSA) is 42.8 Å². The van der Waals surface area contributed by atoms with Crippen molar-refractivity contribution in [2.24, 2.45) is 5.92 Å². The summed E-state index contributed by atoms with van der Waals surface area (Å²) in [5.41, 5.74) is 2.58. The molecule has 3 heteroatoms. The van der Waals surface area contributed by atoms with Crippen LogP contribution in [-0.4, -0.2) is 23.0 Å². The third-order valence-corrected chi connectivity index (χ3v) is 4.60. The maximum Gasteiger partial charge on any atom is 0.0655 e. The molecule has 1 aliphatic carbocycles. The minimum absolute atomic E-state index is 0.285. The predicted molar refractivity (Wildman–Crippen MR) is 81.1 cm³/mol. The van der Waals surface area contributed by atoms with Crippen LogP contribution in [0.15, 0.2) is 30.5 Å². The maximum atomic E-state index is 8.97. The zero-order valence-electron chi connectivity index (χ0n) is 12.0. The van der Waals surface area contributed by atoms with Crippen LogP contribution in [0.5, 0.6) is 0 Å². The molecule has 3 nitrogen and oxygen atoms in total. The fourth-order valence-electron chi connectivity index (χ4n) is 3.31. The normalized spacial score (nSPS) is 23.1. The van der Waals surface area contributed by atoms with Gasteiger partial charge in [0.05, 0.1) is 6.07 Å². The van der Waals surface area contributed by atoms with Crippen LogP contribution < -0.4 is 0 Å². The minimum Gasteiger partial charge on any atom is -0.361 e.